The van der Waals surface area contributed by atoms with Crippen LogP contribution in [0.15, 0.2) is 0 Å². The lowest BCUT2D eigenvalue weighted by atomic mass is 10.0. The fourth-order valence-corrected chi connectivity index (χ4v) is 2.59. The van der Waals surface area contributed by atoms with E-state index in [1.54, 1.807) is 0 Å². The van der Waals surface area contributed by atoms with E-state index < -0.39 is 0 Å². The zero-order chi connectivity index (χ0) is 11.6. The van der Waals surface area contributed by atoms with Crippen LogP contribution in [0.1, 0.15) is 46.5 Å². The van der Waals surface area contributed by atoms with Crippen LogP contribution in [0.4, 0.5) is 0 Å². The maximum absolute atomic E-state index is 9.34. The van der Waals surface area contributed by atoms with Crippen molar-refractivity contribution in [1.29, 1.82) is 0 Å². The number of nitrogens with one attached hydrogen (secondary N) is 1. The molecular formula is C12H27NOS. The summed E-state index contributed by atoms with van der Waals surface area (Å²) in [7, 11) is 0. The van der Waals surface area contributed by atoms with E-state index in [0.717, 1.165) is 25.1 Å². The predicted molar refractivity (Wildman–Crippen MR) is 70.6 cm³/mol. The summed E-state index contributed by atoms with van der Waals surface area (Å²) >= 11 is 2.00. The summed E-state index contributed by atoms with van der Waals surface area (Å²) in [6, 6.07) is 0. The van der Waals surface area contributed by atoms with Gasteiger partial charge in [-0.2, -0.15) is 11.8 Å². The molecule has 0 aromatic rings. The highest BCUT2D eigenvalue weighted by Crippen LogP contribution is 2.14. The number of unbranched alkanes of at least 4 members (excludes halogenated alkanes) is 1. The third kappa shape index (κ3) is 8.12. The second-order valence-electron chi connectivity index (χ2n) is 4.36. The molecule has 92 valence electrons. The van der Waals surface area contributed by atoms with Crippen molar-refractivity contribution >= 4 is 11.8 Å². The van der Waals surface area contributed by atoms with Crippen LogP contribution in [0.3, 0.4) is 0 Å². The van der Waals surface area contributed by atoms with Gasteiger partial charge in [0.1, 0.15) is 0 Å². The van der Waals surface area contributed by atoms with E-state index in [9.17, 15) is 5.11 Å². The molecule has 0 saturated heterocycles. The molecule has 0 aromatic heterocycles. The molecule has 0 aliphatic rings. The molecule has 15 heavy (non-hydrogen) atoms. The van der Waals surface area contributed by atoms with Crippen molar-refractivity contribution < 1.29 is 5.11 Å². The van der Waals surface area contributed by atoms with Crippen LogP contribution in [0.25, 0.3) is 0 Å². The Balaban J connectivity index is 3.58. The van der Waals surface area contributed by atoms with Crippen molar-refractivity contribution in [3.8, 4) is 0 Å². The first-order valence-electron chi connectivity index (χ1n) is 6.12. The molecule has 0 aliphatic heterocycles. The molecule has 2 N–H and O–H groups in total. The Hall–Kier alpha value is 0.270. The predicted octanol–water partition coefficient (Wildman–Crippen LogP) is 2.66. The summed E-state index contributed by atoms with van der Waals surface area (Å²) in [6.45, 7) is 7.73. The monoisotopic (exact) mass is 233 g/mol. The average molecular weight is 233 g/mol. The first-order chi connectivity index (χ1) is 7.18. The molecule has 0 radical (unpaired) electrons. The van der Waals surface area contributed by atoms with Gasteiger partial charge in [-0.1, -0.05) is 20.3 Å². The molecule has 1 unspecified atom stereocenters. The first kappa shape index (κ1) is 15.3. The summed E-state index contributed by atoms with van der Waals surface area (Å²) in [5.41, 5.74) is -0.0742. The highest BCUT2D eigenvalue weighted by Gasteiger charge is 2.21. The maximum Gasteiger partial charge on any atom is 0.0610 e. The van der Waals surface area contributed by atoms with Gasteiger partial charge in [0, 0.05) is 5.54 Å². The zero-order valence-electron chi connectivity index (χ0n) is 10.5. The Kier molecular flexibility index (Phi) is 9.66. The normalized spacial score (nSPS) is 15.2. The molecule has 0 aliphatic carbocycles. The molecule has 0 rings (SSSR count). The SMILES string of the molecule is CCCCSCCC(C)(CO)NCCC. The molecule has 3 heteroatoms. The summed E-state index contributed by atoms with van der Waals surface area (Å²) in [5.74, 6) is 2.40. The van der Waals surface area contributed by atoms with Gasteiger partial charge >= 0.3 is 0 Å². The topological polar surface area (TPSA) is 32.3 Å². The van der Waals surface area contributed by atoms with Crippen molar-refractivity contribution in [2.75, 3.05) is 24.7 Å². The lowest BCUT2D eigenvalue weighted by molar-refractivity contribution is 0.171. The van der Waals surface area contributed by atoms with Crippen LogP contribution in [-0.2, 0) is 0 Å². The summed E-state index contributed by atoms with van der Waals surface area (Å²) in [4.78, 5) is 0. The van der Waals surface area contributed by atoms with E-state index in [0.29, 0.717) is 0 Å². The minimum Gasteiger partial charge on any atom is -0.394 e. The lowest BCUT2D eigenvalue weighted by Gasteiger charge is -2.28. The second kappa shape index (κ2) is 9.49. The third-order valence-corrected chi connectivity index (χ3v) is 3.66. The molecule has 0 aromatic carbocycles. The number of hydrogen-bond acceptors (Lipinski definition) is 3. The van der Waals surface area contributed by atoms with Crippen LogP contribution in [0.5, 0.6) is 0 Å². The van der Waals surface area contributed by atoms with E-state index in [1.807, 2.05) is 11.8 Å². The Morgan fingerprint density at radius 2 is 1.93 bits per heavy atom. The summed E-state index contributed by atoms with van der Waals surface area (Å²) in [6.07, 6.45) is 4.76. The molecular weight excluding hydrogens is 206 g/mol. The van der Waals surface area contributed by atoms with E-state index in [4.69, 9.17) is 0 Å². The van der Waals surface area contributed by atoms with Gasteiger partial charge in [0.25, 0.3) is 0 Å². The molecule has 0 saturated carbocycles. The van der Waals surface area contributed by atoms with Crippen LogP contribution < -0.4 is 5.32 Å². The number of thioether (sulfide) groups is 1. The molecule has 0 heterocycles. The van der Waals surface area contributed by atoms with Crippen molar-refractivity contribution in [1.82, 2.24) is 5.32 Å². The van der Waals surface area contributed by atoms with Gasteiger partial charge in [0.15, 0.2) is 0 Å². The largest absolute Gasteiger partial charge is 0.394 e. The molecule has 0 fully saturated rings. The Labute approximate surface area is 99.2 Å². The average Bonchev–Trinajstić information content (AvgIpc) is 2.26. The number of hydrogen-bond donors (Lipinski definition) is 2. The number of aliphatic hydroxyl groups excluding tert-OH is 1. The smallest absolute Gasteiger partial charge is 0.0610 e. The van der Waals surface area contributed by atoms with Crippen molar-refractivity contribution in [2.24, 2.45) is 0 Å². The van der Waals surface area contributed by atoms with E-state index in [2.05, 4.69) is 26.1 Å². The van der Waals surface area contributed by atoms with Crippen molar-refractivity contribution in [3.63, 3.8) is 0 Å². The number of aliphatic hydroxyl groups is 1. The van der Waals surface area contributed by atoms with Crippen LogP contribution in [-0.4, -0.2) is 35.3 Å². The van der Waals surface area contributed by atoms with Gasteiger partial charge in [-0.05, 0) is 44.2 Å². The fourth-order valence-electron chi connectivity index (χ4n) is 1.30. The number of rotatable bonds is 10. The van der Waals surface area contributed by atoms with Crippen LogP contribution >= 0.6 is 11.8 Å². The molecule has 0 bridgehead atoms. The van der Waals surface area contributed by atoms with Gasteiger partial charge in [-0.3, -0.25) is 0 Å². The maximum atomic E-state index is 9.34. The summed E-state index contributed by atoms with van der Waals surface area (Å²) in [5, 5.41) is 12.8. The van der Waals surface area contributed by atoms with Crippen LogP contribution in [0.2, 0.25) is 0 Å². The van der Waals surface area contributed by atoms with E-state index >= 15 is 0 Å². The Morgan fingerprint density at radius 1 is 1.20 bits per heavy atom. The van der Waals surface area contributed by atoms with Gasteiger partial charge in [0.2, 0.25) is 0 Å². The van der Waals surface area contributed by atoms with Gasteiger partial charge < -0.3 is 10.4 Å². The molecule has 0 spiro atoms. The first-order valence-corrected chi connectivity index (χ1v) is 7.27. The lowest BCUT2D eigenvalue weighted by Crippen LogP contribution is -2.46. The van der Waals surface area contributed by atoms with Gasteiger partial charge in [-0.25, -0.2) is 0 Å². The highest BCUT2D eigenvalue weighted by molar-refractivity contribution is 7.99. The quantitative estimate of drug-likeness (QED) is 0.569. The third-order valence-electron chi connectivity index (χ3n) is 2.59. The fraction of sp³-hybridized carbons (Fsp3) is 1.00. The minimum absolute atomic E-state index is 0.0742. The van der Waals surface area contributed by atoms with Gasteiger partial charge in [0.05, 0.1) is 6.61 Å². The standard InChI is InChI=1S/C12H27NOS/c1-4-6-9-15-10-7-12(3,11-14)13-8-5-2/h13-14H,4-11H2,1-3H3. The Morgan fingerprint density at radius 3 is 2.47 bits per heavy atom. The molecule has 0 amide bonds. The minimum atomic E-state index is -0.0742. The summed E-state index contributed by atoms with van der Waals surface area (Å²) < 4.78 is 0. The second-order valence-corrected chi connectivity index (χ2v) is 5.59. The highest BCUT2D eigenvalue weighted by atomic mass is 32.2. The Bertz CT molecular complexity index is 144. The molecule has 1 atom stereocenters. The van der Waals surface area contributed by atoms with E-state index in [1.165, 1.54) is 18.6 Å². The van der Waals surface area contributed by atoms with E-state index in [-0.39, 0.29) is 12.1 Å². The zero-order valence-corrected chi connectivity index (χ0v) is 11.3. The van der Waals surface area contributed by atoms with Crippen LogP contribution in [0, 0.1) is 0 Å². The van der Waals surface area contributed by atoms with Crippen molar-refractivity contribution in [3.05, 3.63) is 0 Å². The van der Waals surface area contributed by atoms with Gasteiger partial charge in [-0.15, -0.1) is 0 Å². The van der Waals surface area contributed by atoms with Crippen molar-refractivity contribution in [2.45, 2.75) is 52.0 Å². The molecule has 2 nitrogen and oxygen atoms in total.